The van der Waals surface area contributed by atoms with Gasteiger partial charge in [-0.3, -0.25) is 9.69 Å². The summed E-state index contributed by atoms with van der Waals surface area (Å²) in [6.45, 7) is 6.44. The van der Waals surface area contributed by atoms with Crippen molar-refractivity contribution >= 4 is 29.2 Å². The standard InChI is InChI=1S/C22H33ClN4O2/c1-17-5-2-3-11-26(17)14-10-24-21(28)15-18-8-12-27(13-9-18)22(29)25-20-7-4-6-19(23)16-20/h4,6-7,16-18H,2-3,5,8-15H2,1H3,(H,24,28)(H,25,29)/t17-/m1/s1. The fourth-order valence-electron chi connectivity index (χ4n) is 4.27. The van der Waals surface area contributed by atoms with Gasteiger partial charge in [0, 0.05) is 49.4 Å². The van der Waals surface area contributed by atoms with E-state index < -0.39 is 0 Å². The zero-order valence-corrected chi connectivity index (χ0v) is 18.1. The molecule has 0 radical (unpaired) electrons. The van der Waals surface area contributed by atoms with Crippen LogP contribution in [-0.4, -0.2) is 60.5 Å². The number of benzene rings is 1. The van der Waals surface area contributed by atoms with E-state index in [1.54, 1.807) is 12.1 Å². The number of hydrogen-bond donors (Lipinski definition) is 2. The first kappa shape index (κ1) is 21.9. The largest absolute Gasteiger partial charge is 0.355 e. The minimum atomic E-state index is -0.106. The molecule has 0 unspecified atom stereocenters. The van der Waals surface area contributed by atoms with Gasteiger partial charge in [-0.05, 0) is 63.3 Å². The molecule has 0 bridgehead atoms. The van der Waals surface area contributed by atoms with Gasteiger partial charge in [0.1, 0.15) is 0 Å². The molecule has 160 valence electrons. The highest BCUT2D eigenvalue weighted by Gasteiger charge is 2.25. The quantitative estimate of drug-likeness (QED) is 0.731. The van der Waals surface area contributed by atoms with Crippen molar-refractivity contribution in [2.45, 2.75) is 51.5 Å². The van der Waals surface area contributed by atoms with Crippen molar-refractivity contribution in [2.24, 2.45) is 5.92 Å². The number of carbonyl (C=O) groups excluding carboxylic acids is 2. The number of amides is 3. The van der Waals surface area contributed by atoms with E-state index in [9.17, 15) is 9.59 Å². The molecule has 1 atom stereocenters. The minimum absolute atomic E-state index is 0.106. The second-order valence-corrected chi connectivity index (χ2v) is 8.74. The third-order valence-electron chi connectivity index (χ3n) is 6.11. The van der Waals surface area contributed by atoms with Crippen molar-refractivity contribution in [1.82, 2.24) is 15.1 Å². The van der Waals surface area contributed by atoms with Crippen LogP contribution in [0.15, 0.2) is 24.3 Å². The van der Waals surface area contributed by atoms with Crippen molar-refractivity contribution < 1.29 is 9.59 Å². The van der Waals surface area contributed by atoms with Crippen LogP contribution < -0.4 is 10.6 Å². The van der Waals surface area contributed by atoms with E-state index in [0.29, 0.717) is 42.2 Å². The molecule has 0 saturated carbocycles. The van der Waals surface area contributed by atoms with Crippen molar-refractivity contribution in [2.75, 3.05) is 38.0 Å². The molecule has 1 aromatic rings. The van der Waals surface area contributed by atoms with Crippen LogP contribution in [0.2, 0.25) is 5.02 Å². The number of nitrogens with one attached hydrogen (secondary N) is 2. The zero-order valence-electron chi connectivity index (χ0n) is 17.3. The maximum absolute atomic E-state index is 12.4. The van der Waals surface area contributed by atoms with Gasteiger partial charge in [0.15, 0.2) is 0 Å². The predicted octanol–water partition coefficient (Wildman–Crippen LogP) is 3.96. The van der Waals surface area contributed by atoms with E-state index in [4.69, 9.17) is 11.6 Å². The molecule has 0 spiro atoms. The Morgan fingerprint density at radius 3 is 2.66 bits per heavy atom. The van der Waals surface area contributed by atoms with Crippen LogP contribution in [0.3, 0.4) is 0 Å². The Hall–Kier alpha value is -1.79. The molecule has 1 aromatic carbocycles. The number of piperidine rings is 2. The Balaban J connectivity index is 1.32. The highest BCUT2D eigenvalue weighted by molar-refractivity contribution is 6.30. The summed E-state index contributed by atoms with van der Waals surface area (Å²) in [5.41, 5.74) is 0.701. The van der Waals surface area contributed by atoms with Crippen molar-refractivity contribution in [3.05, 3.63) is 29.3 Å². The third kappa shape index (κ3) is 6.89. The zero-order chi connectivity index (χ0) is 20.6. The lowest BCUT2D eigenvalue weighted by atomic mass is 9.93. The molecule has 0 aromatic heterocycles. The van der Waals surface area contributed by atoms with Gasteiger partial charge in [0.25, 0.3) is 0 Å². The average molecular weight is 421 g/mol. The molecule has 3 amide bonds. The summed E-state index contributed by atoms with van der Waals surface area (Å²) < 4.78 is 0. The molecular weight excluding hydrogens is 388 g/mol. The number of rotatable bonds is 6. The van der Waals surface area contributed by atoms with E-state index in [0.717, 1.165) is 32.5 Å². The second-order valence-electron chi connectivity index (χ2n) is 8.31. The second kappa shape index (κ2) is 10.8. The SMILES string of the molecule is C[C@@H]1CCCCN1CCNC(=O)CC1CCN(C(=O)Nc2cccc(Cl)c2)CC1. The Kier molecular flexibility index (Phi) is 8.19. The Labute approximate surface area is 179 Å². The summed E-state index contributed by atoms with van der Waals surface area (Å²) in [5.74, 6) is 0.482. The summed E-state index contributed by atoms with van der Waals surface area (Å²) in [4.78, 5) is 29.0. The molecule has 2 aliphatic rings. The van der Waals surface area contributed by atoms with E-state index in [2.05, 4.69) is 22.5 Å². The summed E-state index contributed by atoms with van der Waals surface area (Å²) >= 11 is 5.96. The van der Waals surface area contributed by atoms with Gasteiger partial charge in [-0.25, -0.2) is 4.79 Å². The summed E-state index contributed by atoms with van der Waals surface area (Å²) in [7, 11) is 0. The number of hydrogen-bond acceptors (Lipinski definition) is 3. The fraction of sp³-hybridized carbons (Fsp3) is 0.636. The van der Waals surface area contributed by atoms with E-state index in [1.165, 1.54) is 19.3 Å². The predicted molar refractivity (Wildman–Crippen MR) is 117 cm³/mol. The topological polar surface area (TPSA) is 64.7 Å². The smallest absolute Gasteiger partial charge is 0.321 e. The molecule has 2 saturated heterocycles. The molecular formula is C22H33ClN4O2. The van der Waals surface area contributed by atoms with Crippen LogP contribution in [0.4, 0.5) is 10.5 Å². The van der Waals surface area contributed by atoms with Crippen molar-refractivity contribution in [1.29, 1.82) is 0 Å². The highest BCUT2D eigenvalue weighted by Crippen LogP contribution is 2.22. The molecule has 6 nitrogen and oxygen atoms in total. The van der Waals surface area contributed by atoms with Crippen LogP contribution in [0.1, 0.15) is 45.4 Å². The first-order valence-corrected chi connectivity index (χ1v) is 11.2. The molecule has 29 heavy (non-hydrogen) atoms. The van der Waals surface area contributed by atoms with Crippen LogP contribution in [0.5, 0.6) is 0 Å². The Bertz CT molecular complexity index is 691. The van der Waals surface area contributed by atoms with E-state index >= 15 is 0 Å². The minimum Gasteiger partial charge on any atom is -0.355 e. The molecule has 2 N–H and O–H groups in total. The average Bonchev–Trinajstić information content (AvgIpc) is 2.70. The monoisotopic (exact) mass is 420 g/mol. The fourth-order valence-corrected chi connectivity index (χ4v) is 4.46. The lowest BCUT2D eigenvalue weighted by Crippen LogP contribution is -2.43. The lowest BCUT2D eigenvalue weighted by Gasteiger charge is -2.33. The van der Waals surface area contributed by atoms with Crippen LogP contribution >= 0.6 is 11.6 Å². The van der Waals surface area contributed by atoms with Gasteiger partial charge in [-0.2, -0.15) is 0 Å². The van der Waals surface area contributed by atoms with Crippen LogP contribution in [0, 0.1) is 5.92 Å². The highest BCUT2D eigenvalue weighted by atomic mass is 35.5. The van der Waals surface area contributed by atoms with Gasteiger partial charge in [0.05, 0.1) is 0 Å². The third-order valence-corrected chi connectivity index (χ3v) is 6.35. The summed E-state index contributed by atoms with van der Waals surface area (Å²) in [6.07, 6.45) is 6.12. The van der Waals surface area contributed by atoms with E-state index in [1.807, 2.05) is 17.0 Å². The van der Waals surface area contributed by atoms with Gasteiger partial charge in [0.2, 0.25) is 5.91 Å². The van der Waals surface area contributed by atoms with Crippen molar-refractivity contribution in [3.63, 3.8) is 0 Å². The molecule has 2 aliphatic heterocycles. The number of likely N-dealkylation sites (tertiary alicyclic amines) is 2. The number of nitrogens with zero attached hydrogens (tertiary/aromatic N) is 2. The number of halogens is 1. The first-order chi connectivity index (χ1) is 14.0. The molecule has 3 rings (SSSR count). The van der Waals surface area contributed by atoms with Gasteiger partial charge in [-0.1, -0.05) is 24.1 Å². The Morgan fingerprint density at radius 1 is 1.14 bits per heavy atom. The molecule has 2 heterocycles. The summed E-state index contributed by atoms with van der Waals surface area (Å²) in [6, 6.07) is 7.68. The van der Waals surface area contributed by atoms with Crippen molar-refractivity contribution in [3.8, 4) is 0 Å². The van der Waals surface area contributed by atoms with E-state index in [-0.39, 0.29) is 11.9 Å². The first-order valence-electron chi connectivity index (χ1n) is 10.8. The molecule has 7 heteroatoms. The summed E-state index contributed by atoms with van der Waals surface area (Å²) in [5, 5.41) is 6.57. The van der Waals surface area contributed by atoms with Crippen LogP contribution in [-0.2, 0) is 4.79 Å². The maximum atomic E-state index is 12.4. The molecule has 0 aliphatic carbocycles. The maximum Gasteiger partial charge on any atom is 0.321 e. The lowest BCUT2D eigenvalue weighted by molar-refractivity contribution is -0.122. The molecule has 2 fully saturated rings. The number of urea groups is 1. The van der Waals surface area contributed by atoms with Gasteiger partial charge in [-0.15, -0.1) is 0 Å². The van der Waals surface area contributed by atoms with Gasteiger partial charge >= 0.3 is 6.03 Å². The Morgan fingerprint density at radius 2 is 1.93 bits per heavy atom. The van der Waals surface area contributed by atoms with Gasteiger partial charge < -0.3 is 15.5 Å². The van der Waals surface area contributed by atoms with Crippen LogP contribution in [0.25, 0.3) is 0 Å². The number of anilines is 1. The number of carbonyl (C=O) groups is 2. The normalized spacial score (nSPS) is 21.0.